The van der Waals surface area contributed by atoms with E-state index < -0.39 is 23.8 Å². The van der Waals surface area contributed by atoms with Crippen molar-refractivity contribution < 1.29 is 14.7 Å². The number of carboxylic acid groups (broad SMARTS) is 1. The maximum Gasteiger partial charge on any atom is 0.321 e. The lowest BCUT2D eigenvalue weighted by Gasteiger charge is -2.19. The lowest BCUT2D eigenvalue weighted by Crippen LogP contribution is -2.47. The molecule has 0 aromatic rings. The van der Waals surface area contributed by atoms with Crippen LogP contribution in [0.2, 0.25) is 0 Å². The Morgan fingerprint density at radius 2 is 2.58 bits per heavy atom. The van der Waals surface area contributed by atoms with Gasteiger partial charge in [0.25, 0.3) is 0 Å². The Morgan fingerprint density at radius 1 is 1.92 bits per heavy atom. The molecule has 12 heavy (non-hydrogen) atoms. The van der Waals surface area contributed by atoms with Crippen LogP contribution in [0.3, 0.4) is 0 Å². The topological polar surface area (TPSA) is 105 Å². The number of nitrogens with zero attached hydrogens (tertiary/aromatic N) is 1. The zero-order valence-corrected chi connectivity index (χ0v) is 6.23. The molecule has 0 spiro atoms. The first-order chi connectivity index (χ1) is 5.63. The van der Waals surface area contributed by atoms with Gasteiger partial charge in [-0.3, -0.25) is 9.59 Å². The van der Waals surface area contributed by atoms with Crippen LogP contribution in [-0.4, -0.2) is 29.2 Å². The molecule has 1 rings (SSSR count). The second kappa shape index (κ2) is 3.31. The van der Waals surface area contributed by atoms with Crippen LogP contribution >= 0.6 is 0 Å². The number of hydrazone groups is 1. The zero-order valence-electron chi connectivity index (χ0n) is 6.23. The summed E-state index contributed by atoms with van der Waals surface area (Å²) in [7, 11) is 0. The van der Waals surface area contributed by atoms with Gasteiger partial charge < -0.3 is 10.8 Å². The lowest BCUT2D eigenvalue weighted by atomic mass is 9.96. The number of carbonyl (C=O) groups is 2. The summed E-state index contributed by atoms with van der Waals surface area (Å²) in [5.74, 6) is -2.32. The van der Waals surface area contributed by atoms with E-state index in [9.17, 15) is 9.59 Å². The van der Waals surface area contributed by atoms with Gasteiger partial charge in [0.1, 0.15) is 6.04 Å². The Hall–Kier alpha value is -1.43. The van der Waals surface area contributed by atoms with Crippen molar-refractivity contribution in [3.63, 3.8) is 0 Å². The number of hydrogen-bond acceptors (Lipinski definition) is 4. The number of rotatable bonds is 2. The minimum Gasteiger partial charge on any atom is -0.480 e. The van der Waals surface area contributed by atoms with Crippen LogP contribution in [0.25, 0.3) is 0 Å². The minimum atomic E-state index is -1.18. The Balaban J connectivity index is 2.68. The van der Waals surface area contributed by atoms with Crippen molar-refractivity contribution in [2.75, 3.05) is 0 Å². The van der Waals surface area contributed by atoms with Gasteiger partial charge in [-0.1, -0.05) is 0 Å². The molecular formula is C6H9N3O3. The molecule has 0 aliphatic carbocycles. The highest BCUT2D eigenvalue weighted by Gasteiger charge is 2.31. The molecule has 66 valence electrons. The van der Waals surface area contributed by atoms with E-state index in [1.165, 1.54) is 6.21 Å². The van der Waals surface area contributed by atoms with E-state index in [1.54, 1.807) is 0 Å². The van der Waals surface area contributed by atoms with E-state index in [1.807, 2.05) is 0 Å². The molecule has 1 aliphatic rings. The maximum atomic E-state index is 11.0. The first-order valence-electron chi connectivity index (χ1n) is 3.42. The fourth-order valence-corrected chi connectivity index (χ4v) is 0.947. The number of hydrogen-bond donors (Lipinski definition) is 3. The number of amides is 1. The zero-order chi connectivity index (χ0) is 9.14. The highest BCUT2D eigenvalue weighted by Crippen LogP contribution is 2.09. The first-order valence-corrected chi connectivity index (χ1v) is 3.42. The minimum absolute atomic E-state index is 0.277. The van der Waals surface area contributed by atoms with Crippen molar-refractivity contribution in [3.05, 3.63) is 0 Å². The molecule has 0 fully saturated rings. The average molecular weight is 171 g/mol. The third-order valence-corrected chi connectivity index (χ3v) is 1.68. The number of nitrogens with two attached hydrogens (primary N) is 1. The molecule has 2 atom stereocenters. The Kier molecular flexibility index (Phi) is 2.39. The molecule has 0 radical (unpaired) electrons. The lowest BCUT2D eigenvalue weighted by molar-refractivity contribution is -0.143. The fourth-order valence-electron chi connectivity index (χ4n) is 0.947. The smallest absolute Gasteiger partial charge is 0.321 e. The largest absolute Gasteiger partial charge is 0.480 e. The monoisotopic (exact) mass is 171 g/mol. The molecule has 1 heterocycles. The van der Waals surface area contributed by atoms with Crippen molar-refractivity contribution in [2.45, 2.75) is 12.5 Å². The van der Waals surface area contributed by atoms with Gasteiger partial charge in [-0.25, -0.2) is 5.43 Å². The van der Waals surface area contributed by atoms with Gasteiger partial charge in [0.15, 0.2) is 0 Å². The number of aliphatic carboxylic acids is 1. The van der Waals surface area contributed by atoms with Crippen molar-refractivity contribution in [2.24, 2.45) is 16.8 Å². The van der Waals surface area contributed by atoms with E-state index in [0.717, 1.165) is 0 Å². The molecule has 1 aliphatic heterocycles. The standard InChI is InChI=1S/C6H9N3O3/c7-4(6(11)12)3-1-2-8-9-5(3)10/h2-4H,1,7H2,(H,9,10)(H,11,12)/t3-,4+/m1/s1. The van der Waals surface area contributed by atoms with E-state index in [-0.39, 0.29) is 6.42 Å². The second-order valence-corrected chi connectivity index (χ2v) is 2.49. The predicted octanol–water partition coefficient (Wildman–Crippen LogP) is -1.48. The Labute approximate surface area is 68.4 Å². The first kappa shape index (κ1) is 8.66. The quantitative estimate of drug-likeness (QED) is 0.471. The van der Waals surface area contributed by atoms with Gasteiger partial charge in [0, 0.05) is 6.21 Å². The van der Waals surface area contributed by atoms with Crippen molar-refractivity contribution in [3.8, 4) is 0 Å². The highest BCUT2D eigenvalue weighted by atomic mass is 16.4. The van der Waals surface area contributed by atoms with Crippen LogP contribution in [0, 0.1) is 5.92 Å². The summed E-state index contributed by atoms with van der Waals surface area (Å²) >= 11 is 0. The van der Waals surface area contributed by atoms with Gasteiger partial charge >= 0.3 is 5.97 Å². The Bertz CT molecular complexity index is 238. The number of carboxylic acids is 1. The molecule has 0 aromatic carbocycles. The summed E-state index contributed by atoms with van der Waals surface area (Å²) in [6, 6.07) is -1.16. The molecule has 0 saturated heterocycles. The van der Waals surface area contributed by atoms with Crippen molar-refractivity contribution in [1.29, 1.82) is 0 Å². The second-order valence-electron chi connectivity index (χ2n) is 2.49. The van der Waals surface area contributed by atoms with Crippen LogP contribution in [0.4, 0.5) is 0 Å². The molecule has 4 N–H and O–H groups in total. The van der Waals surface area contributed by atoms with Crippen molar-refractivity contribution >= 4 is 18.1 Å². The van der Waals surface area contributed by atoms with Gasteiger partial charge in [-0.15, -0.1) is 0 Å². The number of nitrogens with one attached hydrogen (secondary N) is 1. The molecular weight excluding hydrogens is 162 g/mol. The normalized spacial score (nSPS) is 24.8. The van der Waals surface area contributed by atoms with Crippen LogP contribution in [-0.2, 0) is 9.59 Å². The van der Waals surface area contributed by atoms with Gasteiger partial charge in [-0.05, 0) is 6.42 Å². The van der Waals surface area contributed by atoms with Crippen LogP contribution in [0.5, 0.6) is 0 Å². The van der Waals surface area contributed by atoms with Gasteiger partial charge in [0.05, 0.1) is 5.92 Å². The number of carbonyl (C=O) groups excluding carboxylic acids is 1. The Morgan fingerprint density at radius 3 is 3.08 bits per heavy atom. The van der Waals surface area contributed by atoms with E-state index >= 15 is 0 Å². The molecule has 0 saturated carbocycles. The summed E-state index contributed by atoms with van der Waals surface area (Å²) in [5, 5.41) is 12.0. The van der Waals surface area contributed by atoms with Crippen LogP contribution in [0.1, 0.15) is 6.42 Å². The van der Waals surface area contributed by atoms with Gasteiger partial charge in [-0.2, -0.15) is 5.10 Å². The molecule has 1 amide bonds. The molecule has 6 heteroatoms. The summed E-state index contributed by atoms with van der Waals surface area (Å²) in [6.45, 7) is 0. The third kappa shape index (κ3) is 1.59. The molecule has 0 aromatic heterocycles. The molecule has 0 unspecified atom stereocenters. The summed E-state index contributed by atoms with van der Waals surface area (Å²) in [4.78, 5) is 21.4. The summed E-state index contributed by atoms with van der Waals surface area (Å²) < 4.78 is 0. The molecule has 0 bridgehead atoms. The van der Waals surface area contributed by atoms with Gasteiger partial charge in [0.2, 0.25) is 5.91 Å². The molecule has 6 nitrogen and oxygen atoms in total. The van der Waals surface area contributed by atoms with E-state index in [2.05, 4.69) is 10.5 Å². The summed E-state index contributed by atoms with van der Waals surface area (Å²) in [5.41, 5.74) is 7.41. The predicted molar refractivity (Wildman–Crippen MR) is 40.4 cm³/mol. The highest BCUT2D eigenvalue weighted by molar-refractivity contribution is 5.90. The third-order valence-electron chi connectivity index (χ3n) is 1.68. The van der Waals surface area contributed by atoms with Crippen LogP contribution in [0.15, 0.2) is 5.10 Å². The van der Waals surface area contributed by atoms with E-state index in [4.69, 9.17) is 10.8 Å². The average Bonchev–Trinajstić information content (AvgIpc) is 2.04. The maximum absolute atomic E-state index is 11.0. The SMILES string of the molecule is N[C@H](C(=O)O)[C@H]1CC=NNC1=O. The fraction of sp³-hybridized carbons (Fsp3) is 0.500. The van der Waals surface area contributed by atoms with Crippen molar-refractivity contribution in [1.82, 2.24) is 5.43 Å². The van der Waals surface area contributed by atoms with E-state index in [0.29, 0.717) is 0 Å². The summed E-state index contributed by atoms with van der Waals surface area (Å²) in [6.07, 6.45) is 1.72. The van der Waals surface area contributed by atoms with Crippen LogP contribution < -0.4 is 11.2 Å².